The molecule has 5 nitrogen and oxygen atoms in total. The number of guanidine groups is 1. The summed E-state index contributed by atoms with van der Waals surface area (Å²) in [7, 11) is -1.17. The van der Waals surface area contributed by atoms with Gasteiger partial charge in [0.2, 0.25) is 0 Å². The topological polar surface area (TPSA) is 70.6 Å². The van der Waals surface area contributed by atoms with Gasteiger partial charge in [0.1, 0.15) is 0 Å². The molecule has 0 bridgehead atoms. The molecule has 1 aromatic carbocycles. The van der Waals surface area contributed by atoms with Crippen LogP contribution in [0.4, 0.5) is 0 Å². The third-order valence-corrected chi connectivity index (χ3v) is 6.90. The van der Waals surface area contributed by atoms with Crippen LogP contribution in [-0.2, 0) is 15.3 Å². The predicted molar refractivity (Wildman–Crippen MR) is 100 cm³/mol. The lowest BCUT2D eigenvalue weighted by atomic mass is 9.76. The van der Waals surface area contributed by atoms with E-state index in [1.54, 1.807) is 7.05 Å². The maximum atomic E-state index is 11.6. The van der Waals surface area contributed by atoms with Crippen molar-refractivity contribution in [1.29, 1.82) is 0 Å². The largest absolute Gasteiger partial charge is 0.356 e. The number of nitrogens with one attached hydrogen (secondary N) is 2. The first kappa shape index (κ1) is 18.8. The third-order valence-electron chi connectivity index (χ3n) is 5.13. The molecule has 1 atom stereocenters. The van der Waals surface area contributed by atoms with E-state index in [4.69, 9.17) is 0 Å². The fourth-order valence-corrected chi connectivity index (χ4v) is 5.03. The molecule has 1 unspecified atom stereocenters. The van der Waals surface area contributed by atoms with Crippen LogP contribution in [0.3, 0.4) is 0 Å². The molecule has 0 amide bonds. The zero-order chi connectivity index (χ0) is 17.6. The molecular weight excluding hydrogens is 322 g/mol. The molecule has 1 fully saturated rings. The minimum atomic E-state index is -2.89. The van der Waals surface area contributed by atoms with E-state index >= 15 is 0 Å². The zero-order valence-corrected chi connectivity index (χ0v) is 15.7. The highest BCUT2D eigenvalue weighted by Gasteiger charge is 2.30. The van der Waals surface area contributed by atoms with E-state index in [0.717, 1.165) is 19.4 Å². The van der Waals surface area contributed by atoms with Gasteiger partial charge in [0.25, 0.3) is 0 Å². The van der Waals surface area contributed by atoms with E-state index in [9.17, 15) is 8.42 Å². The first-order valence-electron chi connectivity index (χ1n) is 8.68. The number of hydrogen-bond acceptors (Lipinski definition) is 3. The summed E-state index contributed by atoms with van der Waals surface area (Å²) in [4.78, 5) is 4.26. The normalized spacial score (nSPS) is 20.8. The van der Waals surface area contributed by atoms with Crippen LogP contribution in [0.2, 0.25) is 0 Å². The number of hydrogen-bond donors (Lipinski definition) is 2. The summed E-state index contributed by atoms with van der Waals surface area (Å²) in [5, 5.41) is 6.66. The Morgan fingerprint density at radius 2 is 1.92 bits per heavy atom. The average Bonchev–Trinajstić information content (AvgIpc) is 2.94. The summed E-state index contributed by atoms with van der Waals surface area (Å²) < 4.78 is 23.2. The van der Waals surface area contributed by atoms with E-state index in [1.165, 1.54) is 5.56 Å². The molecule has 134 valence electrons. The second-order valence-electron chi connectivity index (χ2n) is 6.52. The maximum Gasteiger partial charge on any atom is 0.191 e. The van der Waals surface area contributed by atoms with Crippen LogP contribution in [-0.4, -0.2) is 45.5 Å². The van der Waals surface area contributed by atoms with Crippen molar-refractivity contribution >= 4 is 15.8 Å². The number of benzene rings is 1. The third kappa shape index (κ3) is 4.50. The highest BCUT2D eigenvalue weighted by molar-refractivity contribution is 7.91. The molecule has 1 aliphatic heterocycles. The monoisotopic (exact) mass is 351 g/mol. The van der Waals surface area contributed by atoms with Crippen LogP contribution in [0.25, 0.3) is 0 Å². The van der Waals surface area contributed by atoms with Crippen LogP contribution in [0.15, 0.2) is 35.3 Å². The summed E-state index contributed by atoms with van der Waals surface area (Å²) in [5.41, 5.74) is 1.36. The SMILES string of the molecule is CCC(CC)(CNC(=NC)NC1CCS(=O)(=O)C1)c1ccccc1. The van der Waals surface area contributed by atoms with E-state index in [-0.39, 0.29) is 23.0 Å². The molecule has 0 aromatic heterocycles. The van der Waals surface area contributed by atoms with Crippen LogP contribution < -0.4 is 10.6 Å². The van der Waals surface area contributed by atoms with Crippen molar-refractivity contribution in [2.45, 2.75) is 44.6 Å². The van der Waals surface area contributed by atoms with Gasteiger partial charge in [-0.25, -0.2) is 8.42 Å². The Labute approximate surface area is 145 Å². The Morgan fingerprint density at radius 1 is 1.25 bits per heavy atom. The Hall–Kier alpha value is -1.56. The first-order valence-corrected chi connectivity index (χ1v) is 10.5. The number of nitrogens with zero attached hydrogens (tertiary/aromatic N) is 1. The Bertz CT molecular complexity index is 652. The van der Waals surface area contributed by atoms with Gasteiger partial charge in [-0.15, -0.1) is 0 Å². The van der Waals surface area contributed by atoms with Crippen molar-refractivity contribution in [3.8, 4) is 0 Å². The summed E-state index contributed by atoms with van der Waals surface area (Å²) in [6.45, 7) is 5.18. The van der Waals surface area contributed by atoms with Crippen LogP contribution in [0.1, 0.15) is 38.7 Å². The van der Waals surface area contributed by atoms with Crippen molar-refractivity contribution in [1.82, 2.24) is 10.6 Å². The number of sulfone groups is 1. The van der Waals surface area contributed by atoms with Gasteiger partial charge in [-0.1, -0.05) is 44.2 Å². The van der Waals surface area contributed by atoms with Gasteiger partial charge in [0.15, 0.2) is 15.8 Å². The van der Waals surface area contributed by atoms with Gasteiger partial charge >= 0.3 is 0 Å². The van der Waals surface area contributed by atoms with E-state index in [0.29, 0.717) is 12.4 Å². The van der Waals surface area contributed by atoms with E-state index in [2.05, 4.69) is 53.7 Å². The molecule has 24 heavy (non-hydrogen) atoms. The van der Waals surface area contributed by atoms with E-state index < -0.39 is 9.84 Å². The summed E-state index contributed by atoms with van der Waals surface area (Å²) in [5.74, 6) is 1.14. The van der Waals surface area contributed by atoms with Crippen LogP contribution in [0.5, 0.6) is 0 Å². The predicted octanol–water partition coefficient (Wildman–Crippen LogP) is 2.10. The molecule has 1 aliphatic rings. The van der Waals surface area contributed by atoms with Crippen molar-refractivity contribution in [2.75, 3.05) is 25.1 Å². The van der Waals surface area contributed by atoms with Crippen molar-refractivity contribution in [2.24, 2.45) is 4.99 Å². The first-order chi connectivity index (χ1) is 11.4. The fraction of sp³-hybridized carbons (Fsp3) is 0.611. The average molecular weight is 352 g/mol. The number of aliphatic imine (C=N–C) groups is 1. The lowest BCUT2D eigenvalue weighted by Crippen LogP contribution is -2.48. The highest BCUT2D eigenvalue weighted by atomic mass is 32.2. The lowest BCUT2D eigenvalue weighted by Gasteiger charge is -2.33. The maximum absolute atomic E-state index is 11.6. The molecule has 1 heterocycles. The second-order valence-corrected chi connectivity index (χ2v) is 8.75. The van der Waals surface area contributed by atoms with Crippen molar-refractivity contribution in [3.05, 3.63) is 35.9 Å². The quantitative estimate of drug-likeness (QED) is 0.608. The fourth-order valence-electron chi connectivity index (χ4n) is 3.35. The van der Waals surface area contributed by atoms with Gasteiger partial charge in [-0.05, 0) is 24.8 Å². The summed E-state index contributed by atoms with van der Waals surface area (Å²) in [6, 6.07) is 10.5. The van der Waals surface area contributed by atoms with Crippen molar-refractivity contribution < 1.29 is 8.42 Å². The molecule has 0 saturated carbocycles. The van der Waals surface area contributed by atoms with Crippen molar-refractivity contribution in [3.63, 3.8) is 0 Å². The molecular formula is C18H29N3O2S. The minimum absolute atomic E-state index is 0.0423. The van der Waals surface area contributed by atoms with Crippen LogP contribution in [0, 0.1) is 0 Å². The summed E-state index contributed by atoms with van der Waals surface area (Å²) in [6.07, 6.45) is 2.69. The number of rotatable bonds is 6. The summed E-state index contributed by atoms with van der Waals surface area (Å²) >= 11 is 0. The smallest absolute Gasteiger partial charge is 0.191 e. The highest BCUT2D eigenvalue weighted by Crippen LogP contribution is 2.30. The lowest BCUT2D eigenvalue weighted by molar-refractivity contribution is 0.389. The zero-order valence-electron chi connectivity index (χ0n) is 14.9. The van der Waals surface area contributed by atoms with E-state index in [1.807, 2.05) is 6.07 Å². The Balaban J connectivity index is 2.02. The minimum Gasteiger partial charge on any atom is -0.356 e. The molecule has 2 rings (SSSR count). The Morgan fingerprint density at radius 3 is 2.42 bits per heavy atom. The molecule has 1 aromatic rings. The second kappa shape index (κ2) is 8.01. The molecule has 0 aliphatic carbocycles. The van der Waals surface area contributed by atoms with Crippen LogP contribution >= 0.6 is 0 Å². The molecule has 0 radical (unpaired) electrons. The van der Waals surface area contributed by atoms with Gasteiger partial charge < -0.3 is 10.6 Å². The molecule has 1 saturated heterocycles. The van der Waals surface area contributed by atoms with Gasteiger partial charge in [-0.3, -0.25) is 4.99 Å². The van der Waals surface area contributed by atoms with Gasteiger partial charge in [0, 0.05) is 25.0 Å². The molecule has 0 spiro atoms. The Kier molecular flexibility index (Phi) is 6.27. The van der Waals surface area contributed by atoms with Gasteiger partial charge in [-0.2, -0.15) is 0 Å². The van der Waals surface area contributed by atoms with Gasteiger partial charge in [0.05, 0.1) is 11.5 Å². The molecule has 6 heteroatoms. The standard InChI is InChI=1S/C18H29N3O2S/c1-4-18(5-2,15-9-7-6-8-10-15)14-20-17(19-3)21-16-11-12-24(22,23)13-16/h6-10,16H,4-5,11-14H2,1-3H3,(H2,19,20,21). The molecule has 2 N–H and O–H groups in total.